The number of carbonyl (C=O) groups is 1. The maximum absolute atomic E-state index is 11.7. The maximum atomic E-state index is 11.7. The molecule has 0 saturated carbocycles. The standard InChI is InChI=1S/C11H16N4O2/c1-15(2)8-3-4-9(13-5-8)14-10(16)11(17)6-12-7-11/h3-5,12,17H,6-7H2,1-2H3,(H,13,14,16). The highest BCUT2D eigenvalue weighted by Crippen LogP contribution is 2.16. The van der Waals surface area contributed by atoms with Gasteiger partial charge in [-0.25, -0.2) is 4.98 Å². The Hall–Kier alpha value is -1.66. The molecule has 0 spiro atoms. The Morgan fingerprint density at radius 3 is 2.65 bits per heavy atom. The van der Waals surface area contributed by atoms with Gasteiger partial charge in [0.25, 0.3) is 5.91 Å². The number of aromatic nitrogens is 1. The van der Waals surface area contributed by atoms with Crippen molar-refractivity contribution < 1.29 is 9.90 Å². The molecule has 3 N–H and O–H groups in total. The second kappa shape index (κ2) is 4.31. The summed E-state index contributed by atoms with van der Waals surface area (Å²) in [6.07, 6.45) is 1.67. The Morgan fingerprint density at radius 1 is 1.53 bits per heavy atom. The van der Waals surface area contributed by atoms with Crippen molar-refractivity contribution in [3.8, 4) is 0 Å². The van der Waals surface area contributed by atoms with E-state index in [0.29, 0.717) is 5.82 Å². The van der Waals surface area contributed by atoms with E-state index in [1.807, 2.05) is 25.1 Å². The first-order chi connectivity index (χ1) is 8.01. The van der Waals surface area contributed by atoms with Crippen LogP contribution >= 0.6 is 0 Å². The van der Waals surface area contributed by atoms with Crippen LogP contribution in [-0.2, 0) is 4.79 Å². The molecule has 6 heteroatoms. The lowest BCUT2D eigenvalue weighted by molar-refractivity contribution is -0.138. The second-order valence-electron chi connectivity index (χ2n) is 4.39. The Bertz CT molecular complexity index is 412. The van der Waals surface area contributed by atoms with Gasteiger partial charge in [-0.05, 0) is 12.1 Å². The third-order valence-electron chi connectivity index (χ3n) is 2.76. The van der Waals surface area contributed by atoms with Crippen LogP contribution in [0.15, 0.2) is 18.3 Å². The lowest BCUT2D eigenvalue weighted by atomic mass is 9.96. The van der Waals surface area contributed by atoms with Gasteiger partial charge in [0.05, 0.1) is 11.9 Å². The molecule has 0 unspecified atom stereocenters. The molecule has 0 aromatic carbocycles. The zero-order valence-electron chi connectivity index (χ0n) is 9.90. The number of nitrogens with zero attached hydrogens (tertiary/aromatic N) is 2. The first-order valence-electron chi connectivity index (χ1n) is 5.39. The summed E-state index contributed by atoms with van der Waals surface area (Å²) in [5.41, 5.74) is -0.339. The van der Waals surface area contributed by atoms with Crippen LogP contribution in [0.3, 0.4) is 0 Å². The largest absolute Gasteiger partial charge is 0.377 e. The molecule has 0 bridgehead atoms. The molecule has 1 amide bonds. The number of rotatable bonds is 3. The first-order valence-corrected chi connectivity index (χ1v) is 5.39. The maximum Gasteiger partial charge on any atom is 0.260 e. The van der Waals surface area contributed by atoms with Crippen molar-refractivity contribution in [3.63, 3.8) is 0 Å². The number of hydrogen-bond donors (Lipinski definition) is 3. The van der Waals surface area contributed by atoms with Crippen molar-refractivity contribution in [3.05, 3.63) is 18.3 Å². The van der Waals surface area contributed by atoms with Crippen LogP contribution in [-0.4, -0.2) is 48.8 Å². The van der Waals surface area contributed by atoms with Crippen molar-refractivity contribution in [2.75, 3.05) is 37.4 Å². The van der Waals surface area contributed by atoms with Gasteiger partial charge < -0.3 is 20.6 Å². The number of aliphatic hydroxyl groups is 1. The molecular weight excluding hydrogens is 220 g/mol. The molecule has 1 aromatic heterocycles. The minimum atomic E-state index is -1.29. The molecule has 2 heterocycles. The van der Waals surface area contributed by atoms with E-state index < -0.39 is 11.5 Å². The topological polar surface area (TPSA) is 77.5 Å². The first kappa shape index (κ1) is 11.8. The second-order valence-corrected chi connectivity index (χ2v) is 4.39. The highest BCUT2D eigenvalue weighted by atomic mass is 16.3. The average molecular weight is 236 g/mol. The molecule has 1 saturated heterocycles. The molecular formula is C11H16N4O2. The zero-order chi connectivity index (χ0) is 12.5. The summed E-state index contributed by atoms with van der Waals surface area (Å²) in [4.78, 5) is 17.7. The summed E-state index contributed by atoms with van der Waals surface area (Å²) in [6, 6.07) is 3.56. The summed E-state index contributed by atoms with van der Waals surface area (Å²) >= 11 is 0. The molecule has 1 aromatic rings. The SMILES string of the molecule is CN(C)c1ccc(NC(=O)C2(O)CNC2)nc1. The van der Waals surface area contributed by atoms with Gasteiger partial charge in [0.1, 0.15) is 5.82 Å². The van der Waals surface area contributed by atoms with Crippen molar-refractivity contribution in [1.82, 2.24) is 10.3 Å². The molecule has 17 heavy (non-hydrogen) atoms. The quantitative estimate of drug-likeness (QED) is 0.654. The Kier molecular flexibility index (Phi) is 2.99. The van der Waals surface area contributed by atoms with E-state index in [1.165, 1.54) is 0 Å². The average Bonchev–Trinajstić information content (AvgIpc) is 2.26. The lowest BCUT2D eigenvalue weighted by Gasteiger charge is -2.35. The molecule has 1 aliphatic heterocycles. The molecule has 0 atom stereocenters. The Morgan fingerprint density at radius 2 is 2.24 bits per heavy atom. The van der Waals surface area contributed by atoms with Crippen molar-refractivity contribution >= 4 is 17.4 Å². The van der Waals surface area contributed by atoms with Gasteiger partial charge in [0, 0.05) is 27.2 Å². The molecule has 92 valence electrons. The van der Waals surface area contributed by atoms with Crippen LogP contribution in [0, 0.1) is 0 Å². The Balaban J connectivity index is 2.01. The normalized spacial score (nSPS) is 17.1. The third kappa shape index (κ3) is 2.37. The number of hydrogen-bond acceptors (Lipinski definition) is 5. The fourth-order valence-corrected chi connectivity index (χ4v) is 1.48. The third-order valence-corrected chi connectivity index (χ3v) is 2.76. The van der Waals surface area contributed by atoms with Gasteiger partial charge in [0.15, 0.2) is 5.60 Å². The van der Waals surface area contributed by atoms with Gasteiger partial charge in [-0.15, -0.1) is 0 Å². The minimum Gasteiger partial charge on any atom is -0.377 e. The number of pyridine rings is 1. The van der Waals surface area contributed by atoms with Crippen LogP contribution in [0.5, 0.6) is 0 Å². The monoisotopic (exact) mass is 236 g/mol. The summed E-state index contributed by atoms with van der Waals surface area (Å²) in [6.45, 7) is 0.573. The number of amides is 1. The predicted octanol–water partition coefficient (Wildman–Crippen LogP) is -0.580. The van der Waals surface area contributed by atoms with Gasteiger partial charge >= 0.3 is 0 Å². The van der Waals surface area contributed by atoms with E-state index in [4.69, 9.17) is 0 Å². The molecule has 1 fully saturated rings. The fraction of sp³-hybridized carbons (Fsp3) is 0.455. The van der Waals surface area contributed by atoms with Crippen LogP contribution in [0.25, 0.3) is 0 Å². The van der Waals surface area contributed by atoms with E-state index >= 15 is 0 Å². The van der Waals surface area contributed by atoms with E-state index in [0.717, 1.165) is 5.69 Å². The summed E-state index contributed by atoms with van der Waals surface area (Å²) < 4.78 is 0. The van der Waals surface area contributed by atoms with Gasteiger partial charge in [-0.2, -0.15) is 0 Å². The number of carbonyl (C=O) groups excluding carboxylic acids is 1. The van der Waals surface area contributed by atoms with Crippen LogP contribution < -0.4 is 15.5 Å². The van der Waals surface area contributed by atoms with Gasteiger partial charge in [-0.1, -0.05) is 0 Å². The van der Waals surface area contributed by atoms with Crippen LogP contribution in [0.4, 0.5) is 11.5 Å². The molecule has 0 aliphatic carbocycles. The fourth-order valence-electron chi connectivity index (χ4n) is 1.48. The number of nitrogens with one attached hydrogen (secondary N) is 2. The summed E-state index contributed by atoms with van der Waals surface area (Å²) in [5.74, 6) is 0.0299. The van der Waals surface area contributed by atoms with Crippen molar-refractivity contribution in [2.45, 2.75) is 5.60 Å². The zero-order valence-corrected chi connectivity index (χ0v) is 9.90. The van der Waals surface area contributed by atoms with Crippen molar-refractivity contribution in [2.24, 2.45) is 0 Å². The highest BCUT2D eigenvalue weighted by molar-refractivity contribution is 5.97. The van der Waals surface area contributed by atoms with Crippen LogP contribution in [0.2, 0.25) is 0 Å². The van der Waals surface area contributed by atoms with E-state index in [2.05, 4.69) is 15.6 Å². The number of anilines is 2. The summed E-state index contributed by atoms with van der Waals surface area (Å²) in [7, 11) is 3.83. The van der Waals surface area contributed by atoms with Crippen molar-refractivity contribution in [1.29, 1.82) is 0 Å². The van der Waals surface area contributed by atoms with Gasteiger partial charge in [-0.3, -0.25) is 4.79 Å². The summed E-state index contributed by atoms with van der Waals surface area (Å²) in [5, 5.41) is 15.2. The predicted molar refractivity (Wildman–Crippen MR) is 65.0 cm³/mol. The number of β-amino-alcohol motifs (C(OH)–C–C–N with tert-alkyl or cyclic N) is 1. The smallest absolute Gasteiger partial charge is 0.260 e. The van der Waals surface area contributed by atoms with Gasteiger partial charge in [0.2, 0.25) is 0 Å². The lowest BCUT2D eigenvalue weighted by Crippen LogP contribution is -2.65. The Labute approximate surface area is 99.7 Å². The highest BCUT2D eigenvalue weighted by Gasteiger charge is 2.42. The van der Waals surface area contributed by atoms with Crippen LogP contribution in [0.1, 0.15) is 0 Å². The molecule has 2 rings (SSSR count). The molecule has 1 aliphatic rings. The van der Waals surface area contributed by atoms with E-state index in [-0.39, 0.29) is 13.1 Å². The molecule has 0 radical (unpaired) electrons. The van der Waals surface area contributed by atoms with E-state index in [1.54, 1.807) is 12.3 Å². The van der Waals surface area contributed by atoms with E-state index in [9.17, 15) is 9.90 Å². The minimum absolute atomic E-state index is 0.286. The molecule has 6 nitrogen and oxygen atoms in total.